The maximum Gasteiger partial charge on any atom is 0.274 e. The fourth-order valence-corrected chi connectivity index (χ4v) is 5.73. The third kappa shape index (κ3) is 6.96. The number of carbonyl (C=O) groups excluding carboxylic acids is 5. The number of aromatic amines is 2. The number of anilines is 1. The van der Waals surface area contributed by atoms with Crippen molar-refractivity contribution in [2.45, 2.75) is 31.7 Å². The van der Waals surface area contributed by atoms with E-state index >= 15 is 0 Å². The topological polar surface area (TPSA) is 231 Å². The van der Waals surface area contributed by atoms with Crippen molar-refractivity contribution >= 4 is 46.8 Å². The number of nitrogens with one attached hydrogen (secondary N) is 4. The predicted octanol–water partition coefficient (Wildman–Crippen LogP) is 1.21. The molecule has 3 aliphatic rings. The summed E-state index contributed by atoms with van der Waals surface area (Å²) in [4.78, 5) is 73.8. The van der Waals surface area contributed by atoms with Crippen LogP contribution in [0.5, 0.6) is 0 Å². The summed E-state index contributed by atoms with van der Waals surface area (Å²) in [5.41, 5.74) is 10.3. The van der Waals surface area contributed by atoms with Crippen molar-refractivity contribution in [2.24, 2.45) is 22.8 Å². The Morgan fingerprint density at radius 1 is 0.956 bits per heavy atom. The number of nitrogens with two attached hydrogens (primary N) is 2. The van der Waals surface area contributed by atoms with Crippen LogP contribution in [0, 0.1) is 17.2 Å². The summed E-state index contributed by atoms with van der Waals surface area (Å²) in [5, 5.41) is 5.86. The van der Waals surface area contributed by atoms with Crippen molar-refractivity contribution in [3.63, 3.8) is 0 Å². The molecule has 0 atom stereocenters. The van der Waals surface area contributed by atoms with Gasteiger partial charge in [0.05, 0.1) is 42.0 Å². The largest absolute Gasteiger partial charge is 0.380 e. The Bertz CT molecular complexity index is 1590. The number of likely N-dealkylation sites (tertiary alicyclic amines) is 1. The van der Waals surface area contributed by atoms with Crippen molar-refractivity contribution in [1.82, 2.24) is 30.2 Å². The first-order chi connectivity index (χ1) is 21.5. The van der Waals surface area contributed by atoms with Crippen LogP contribution >= 0.6 is 11.6 Å². The van der Waals surface area contributed by atoms with E-state index in [1.165, 1.54) is 24.8 Å². The maximum atomic E-state index is 13.2. The van der Waals surface area contributed by atoms with E-state index in [2.05, 4.69) is 30.6 Å². The van der Waals surface area contributed by atoms with E-state index in [0.29, 0.717) is 57.7 Å². The highest BCUT2D eigenvalue weighted by atomic mass is 35.5. The van der Waals surface area contributed by atoms with Crippen LogP contribution in [-0.2, 0) is 9.53 Å². The van der Waals surface area contributed by atoms with E-state index in [9.17, 15) is 28.4 Å². The van der Waals surface area contributed by atoms with Gasteiger partial charge in [-0.15, -0.1) is 0 Å². The van der Waals surface area contributed by atoms with Crippen LogP contribution in [0.15, 0.2) is 30.9 Å². The monoisotopic (exact) mass is 643 g/mol. The molecule has 1 spiro atoms. The number of hydrogen-bond acceptors (Lipinski definition) is 8. The predicted molar refractivity (Wildman–Crippen MR) is 157 cm³/mol. The average molecular weight is 644 g/mol. The average Bonchev–Trinajstić information content (AvgIpc) is 3.65. The Morgan fingerprint density at radius 3 is 2.16 bits per heavy atom. The van der Waals surface area contributed by atoms with Crippen LogP contribution in [0.25, 0.3) is 0 Å². The Balaban J connectivity index is 0.000000309. The third-order valence-corrected chi connectivity index (χ3v) is 8.28. The second-order valence-corrected chi connectivity index (χ2v) is 11.7. The lowest BCUT2D eigenvalue weighted by Crippen LogP contribution is -2.67. The van der Waals surface area contributed by atoms with Gasteiger partial charge in [0.25, 0.3) is 23.6 Å². The first kappa shape index (κ1) is 31.6. The number of hydrogen-bond donors (Lipinski definition) is 6. The fraction of sp³-hybridized carbons (Fsp3) is 0.393. The van der Waals surface area contributed by atoms with Gasteiger partial charge in [0.1, 0.15) is 17.2 Å². The van der Waals surface area contributed by atoms with E-state index in [1.54, 1.807) is 4.90 Å². The summed E-state index contributed by atoms with van der Waals surface area (Å²) in [6, 6.07) is 3.71. The molecule has 17 heteroatoms. The standard InChI is InChI=1S/C23H25ClFN5O4.C5H6N4O2/c24-16-7-14(25)3-6-17(16)29-20(31)13-1-4-15(5-2-13)28-21(32)18-19(27-12-26-18)22(33)30-8-23(9-30)10-34-11-23;6-4(10)2-3(5(7)11)9-1-8-2/h3,6-7,12-13,15H,1-2,4-5,8-11H2,(H,26,27)(H,28,32)(H,29,31);1H,(H2,6,10)(H2,7,11)(H,8,9)/t13-,15-;. The molecule has 1 aromatic carbocycles. The van der Waals surface area contributed by atoms with E-state index in [4.69, 9.17) is 27.8 Å². The van der Waals surface area contributed by atoms with Crippen LogP contribution in [0.3, 0.4) is 0 Å². The lowest BCUT2D eigenvalue weighted by molar-refractivity contribution is -0.176. The van der Waals surface area contributed by atoms with Crippen molar-refractivity contribution in [1.29, 1.82) is 0 Å². The first-order valence-corrected chi connectivity index (χ1v) is 14.4. The van der Waals surface area contributed by atoms with Crippen LogP contribution in [0.4, 0.5) is 10.1 Å². The summed E-state index contributed by atoms with van der Waals surface area (Å²) < 4.78 is 18.4. The molecule has 0 bridgehead atoms. The zero-order valence-corrected chi connectivity index (χ0v) is 24.7. The normalized spacial score (nSPS) is 19.7. The molecule has 2 aromatic heterocycles. The third-order valence-electron chi connectivity index (χ3n) is 7.97. The molecule has 4 heterocycles. The highest BCUT2D eigenvalue weighted by Gasteiger charge is 2.51. The molecular weight excluding hydrogens is 613 g/mol. The van der Waals surface area contributed by atoms with Crippen LogP contribution < -0.4 is 22.1 Å². The Labute approximate surface area is 260 Å². The quantitative estimate of drug-likeness (QED) is 0.218. The molecule has 2 aliphatic heterocycles. The zero-order chi connectivity index (χ0) is 32.3. The van der Waals surface area contributed by atoms with Gasteiger partial charge in [-0.2, -0.15) is 0 Å². The van der Waals surface area contributed by atoms with E-state index in [0.717, 1.165) is 6.07 Å². The number of H-pyrrole nitrogens is 2. The molecule has 5 amide bonds. The molecule has 1 aliphatic carbocycles. The van der Waals surface area contributed by atoms with Crippen molar-refractivity contribution < 1.29 is 33.1 Å². The number of rotatable bonds is 7. The second kappa shape index (κ2) is 13.0. The smallest absolute Gasteiger partial charge is 0.274 e. The van der Waals surface area contributed by atoms with Crippen LogP contribution in [0.1, 0.15) is 67.6 Å². The highest BCUT2D eigenvalue weighted by Crippen LogP contribution is 2.38. The van der Waals surface area contributed by atoms with Gasteiger partial charge >= 0.3 is 0 Å². The minimum absolute atomic E-state index is 0.0579. The Kier molecular flexibility index (Phi) is 9.15. The second-order valence-electron chi connectivity index (χ2n) is 11.3. The number of imidazole rings is 2. The van der Waals surface area contributed by atoms with E-state index < -0.39 is 17.6 Å². The van der Waals surface area contributed by atoms with Gasteiger partial charge in [0.15, 0.2) is 11.4 Å². The molecule has 0 radical (unpaired) electrons. The molecule has 2 saturated heterocycles. The maximum absolute atomic E-state index is 13.2. The lowest BCUT2D eigenvalue weighted by atomic mass is 9.78. The van der Waals surface area contributed by atoms with Gasteiger partial charge in [0.2, 0.25) is 5.91 Å². The van der Waals surface area contributed by atoms with E-state index in [-0.39, 0.29) is 62.9 Å². The Morgan fingerprint density at radius 2 is 1.60 bits per heavy atom. The molecule has 1 saturated carbocycles. The van der Waals surface area contributed by atoms with E-state index in [1.807, 2.05) is 0 Å². The molecule has 3 aromatic rings. The number of ether oxygens (including phenoxy) is 1. The molecule has 6 rings (SSSR count). The molecule has 45 heavy (non-hydrogen) atoms. The van der Waals surface area contributed by atoms with Gasteiger partial charge < -0.3 is 41.7 Å². The zero-order valence-electron chi connectivity index (χ0n) is 23.9. The minimum atomic E-state index is -0.778. The summed E-state index contributed by atoms with van der Waals surface area (Å²) in [6.45, 7) is 2.58. The van der Waals surface area contributed by atoms with Gasteiger partial charge in [-0.05, 0) is 43.9 Å². The van der Waals surface area contributed by atoms with Crippen molar-refractivity contribution in [3.05, 3.63) is 64.5 Å². The molecule has 3 fully saturated rings. The van der Waals surface area contributed by atoms with Crippen LogP contribution in [0.2, 0.25) is 5.02 Å². The first-order valence-electron chi connectivity index (χ1n) is 14.1. The summed E-state index contributed by atoms with van der Waals surface area (Å²) in [7, 11) is 0. The van der Waals surface area contributed by atoms with Crippen molar-refractivity contribution in [2.75, 3.05) is 31.6 Å². The molecule has 8 N–H and O–H groups in total. The highest BCUT2D eigenvalue weighted by molar-refractivity contribution is 6.33. The number of aromatic nitrogens is 4. The van der Waals surface area contributed by atoms with Gasteiger partial charge in [0, 0.05) is 25.0 Å². The lowest BCUT2D eigenvalue weighted by Gasteiger charge is -2.54. The Hall–Kier alpha value is -4.83. The number of halogens is 2. The minimum Gasteiger partial charge on any atom is -0.380 e. The molecule has 15 nitrogen and oxygen atoms in total. The van der Waals surface area contributed by atoms with Crippen molar-refractivity contribution in [3.8, 4) is 0 Å². The van der Waals surface area contributed by atoms with Crippen LogP contribution in [-0.4, -0.2) is 86.7 Å². The molecule has 238 valence electrons. The fourth-order valence-electron chi connectivity index (χ4n) is 5.51. The summed E-state index contributed by atoms with van der Waals surface area (Å²) in [6.07, 6.45) is 4.94. The number of carbonyl (C=O) groups is 5. The number of primary amides is 2. The number of benzene rings is 1. The number of amides is 5. The SMILES string of the molecule is NC(=O)c1nc[nH]c1C(N)=O.O=C(N[C@H]1CC[C@H](C(=O)Nc2ccc(F)cc2Cl)CC1)c1[nH]cnc1C(=O)N1CC2(COC2)C1. The summed E-state index contributed by atoms with van der Waals surface area (Å²) in [5.74, 6) is -3.05. The molecular formula is C28H31ClFN9O6. The number of nitrogens with zero attached hydrogens (tertiary/aromatic N) is 3. The summed E-state index contributed by atoms with van der Waals surface area (Å²) >= 11 is 5.99. The van der Waals surface area contributed by atoms with Gasteiger partial charge in [-0.3, -0.25) is 24.0 Å². The van der Waals surface area contributed by atoms with Gasteiger partial charge in [-0.25, -0.2) is 14.4 Å². The molecule has 0 unspecified atom stereocenters. The van der Waals surface area contributed by atoms with Gasteiger partial charge in [-0.1, -0.05) is 11.6 Å².